The Morgan fingerprint density at radius 3 is 2.37 bits per heavy atom. The lowest BCUT2D eigenvalue weighted by Gasteiger charge is -2.10. The predicted octanol–water partition coefficient (Wildman–Crippen LogP) is 3.78. The fourth-order valence-corrected chi connectivity index (χ4v) is 3.92. The minimum absolute atomic E-state index is 0.142. The second kappa shape index (κ2) is 7.05. The SMILES string of the molecule is Cc1oc2ccc(NS(=O)(=O)c3ccc(C(C)C)cc3)cc2c1C(=O)NO. The van der Waals surface area contributed by atoms with Crippen molar-refractivity contribution >= 4 is 32.6 Å². The van der Waals surface area contributed by atoms with Crippen LogP contribution in [0.3, 0.4) is 0 Å². The van der Waals surface area contributed by atoms with E-state index in [1.165, 1.54) is 6.07 Å². The number of rotatable bonds is 5. The van der Waals surface area contributed by atoms with E-state index in [9.17, 15) is 13.2 Å². The van der Waals surface area contributed by atoms with Gasteiger partial charge in [0.05, 0.1) is 10.5 Å². The number of hydrogen-bond acceptors (Lipinski definition) is 5. The van der Waals surface area contributed by atoms with E-state index in [1.807, 2.05) is 13.8 Å². The molecule has 1 heterocycles. The Morgan fingerprint density at radius 2 is 1.78 bits per heavy atom. The maximum absolute atomic E-state index is 12.6. The molecule has 27 heavy (non-hydrogen) atoms. The van der Waals surface area contributed by atoms with Gasteiger partial charge >= 0.3 is 0 Å². The molecule has 3 aromatic rings. The molecule has 0 fully saturated rings. The molecule has 2 aromatic carbocycles. The molecule has 0 bridgehead atoms. The van der Waals surface area contributed by atoms with Gasteiger partial charge in [0.1, 0.15) is 11.3 Å². The van der Waals surface area contributed by atoms with Gasteiger partial charge in [-0.3, -0.25) is 14.7 Å². The van der Waals surface area contributed by atoms with Gasteiger partial charge in [-0.15, -0.1) is 0 Å². The zero-order chi connectivity index (χ0) is 19.8. The number of fused-ring (bicyclic) bond motifs is 1. The van der Waals surface area contributed by atoms with Gasteiger partial charge in [-0.1, -0.05) is 26.0 Å². The number of aryl methyl sites for hydroxylation is 1. The molecule has 1 amide bonds. The summed E-state index contributed by atoms with van der Waals surface area (Å²) < 4.78 is 33.3. The molecule has 1 aromatic heterocycles. The normalized spacial score (nSPS) is 11.7. The maximum atomic E-state index is 12.6. The second-order valence-corrected chi connectivity index (χ2v) is 8.20. The lowest BCUT2D eigenvalue weighted by atomic mass is 10.0. The van der Waals surface area contributed by atoms with Crippen LogP contribution in [0.5, 0.6) is 0 Å². The number of furan rings is 1. The highest BCUT2D eigenvalue weighted by Crippen LogP contribution is 2.29. The summed E-state index contributed by atoms with van der Waals surface area (Å²) in [4.78, 5) is 12.0. The molecular formula is C19H20N2O5S. The fourth-order valence-electron chi connectivity index (χ4n) is 2.87. The topological polar surface area (TPSA) is 109 Å². The highest BCUT2D eigenvalue weighted by atomic mass is 32.2. The largest absolute Gasteiger partial charge is 0.461 e. The minimum Gasteiger partial charge on any atom is -0.461 e. The van der Waals surface area contributed by atoms with Crippen LogP contribution in [-0.2, 0) is 10.0 Å². The van der Waals surface area contributed by atoms with Crippen molar-refractivity contribution in [3.63, 3.8) is 0 Å². The first-order valence-corrected chi connectivity index (χ1v) is 9.81. The fraction of sp³-hybridized carbons (Fsp3) is 0.211. The van der Waals surface area contributed by atoms with Gasteiger partial charge in [0.25, 0.3) is 15.9 Å². The van der Waals surface area contributed by atoms with Crippen LogP contribution in [0.2, 0.25) is 0 Å². The summed E-state index contributed by atoms with van der Waals surface area (Å²) in [5.74, 6) is -0.103. The number of hydrogen-bond donors (Lipinski definition) is 3. The molecule has 0 unspecified atom stereocenters. The average Bonchev–Trinajstić information content (AvgIpc) is 2.96. The molecular weight excluding hydrogens is 368 g/mol. The molecule has 0 spiro atoms. The molecule has 0 aliphatic heterocycles. The number of sulfonamides is 1. The third-order valence-electron chi connectivity index (χ3n) is 4.30. The van der Waals surface area contributed by atoms with Crippen molar-refractivity contribution in [2.75, 3.05) is 4.72 Å². The Hall–Kier alpha value is -2.84. The summed E-state index contributed by atoms with van der Waals surface area (Å²) in [7, 11) is -3.79. The number of carbonyl (C=O) groups excluding carboxylic acids is 1. The molecule has 0 saturated carbocycles. The van der Waals surface area contributed by atoms with E-state index in [-0.39, 0.29) is 16.1 Å². The Bertz CT molecular complexity index is 1100. The van der Waals surface area contributed by atoms with E-state index in [4.69, 9.17) is 9.62 Å². The third-order valence-corrected chi connectivity index (χ3v) is 5.70. The van der Waals surface area contributed by atoms with Crippen molar-refractivity contribution in [1.82, 2.24) is 5.48 Å². The number of amides is 1. The quantitative estimate of drug-likeness (QED) is 0.455. The highest BCUT2D eigenvalue weighted by Gasteiger charge is 2.20. The Balaban J connectivity index is 1.96. The van der Waals surface area contributed by atoms with Gasteiger partial charge in [-0.25, -0.2) is 13.9 Å². The van der Waals surface area contributed by atoms with E-state index in [2.05, 4.69) is 4.72 Å². The first kappa shape index (κ1) is 18.9. The molecule has 142 valence electrons. The van der Waals surface area contributed by atoms with Crippen LogP contribution in [0.25, 0.3) is 11.0 Å². The van der Waals surface area contributed by atoms with Crippen LogP contribution < -0.4 is 10.2 Å². The average molecular weight is 388 g/mol. The summed E-state index contributed by atoms with van der Waals surface area (Å²) in [5, 5.41) is 9.30. The van der Waals surface area contributed by atoms with Crippen LogP contribution in [0.1, 0.15) is 41.4 Å². The smallest absolute Gasteiger partial charge is 0.278 e. The van der Waals surface area contributed by atoms with Gasteiger partial charge in [0.2, 0.25) is 0 Å². The summed E-state index contributed by atoms with van der Waals surface area (Å²) in [6.07, 6.45) is 0. The number of anilines is 1. The number of hydroxylamine groups is 1. The number of nitrogens with one attached hydrogen (secondary N) is 2. The minimum atomic E-state index is -3.79. The second-order valence-electron chi connectivity index (χ2n) is 6.51. The summed E-state index contributed by atoms with van der Waals surface area (Å²) in [5.41, 5.74) is 3.46. The van der Waals surface area contributed by atoms with E-state index in [1.54, 1.807) is 48.8 Å². The van der Waals surface area contributed by atoms with Crippen molar-refractivity contribution in [2.45, 2.75) is 31.6 Å². The molecule has 0 atom stereocenters. The zero-order valence-electron chi connectivity index (χ0n) is 15.1. The van der Waals surface area contributed by atoms with Gasteiger partial charge in [-0.2, -0.15) is 0 Å². The Labute approximate surface area is 157 Å². The van der Waals surface area contributed by atoms with Crippen LogP contribution in [0.4, 0.5) is 5.69 Å². The van der Waals surface area contributed by atoms with E-state index in [0.29, 0.717) is 22.6 Å². The molecule has 0 radical (unpaired) electrons. The zero-order valence-corrected chi connectivity index (χ0v) is 15.9. The molecule has 0 saturated heterocycles. The van der Waals surface area contributed by atoms with Crippen LogP contribution in [0.15, 0.2) is 51.8 Å². The molecule has 0 aliphatic rings. The summed E-state index contributed by atoms with van der Waals surface area (Å²) >= 11 is 0. The van der Waals surface area contributed by atoms with Gasteiger partial charge in [0, 0.05) is 11.1 Å². The van der Waals surface area contributed by atoms with Gasteiger partial charge in [-0.05, 0) is 48.7 Å². The van der Waals surface area contributed by atoms with Crippen molar-refractivity contribution in [2.24, 2.45) is 0 Å². The van der Waals surface area contributed by atoms with E-state index >= 15 is 0 Å². The monoisotopic (exact) mass is 388 g/mol. The summed E-state index contributed by atoms with van der Waals surface area (Å²) in [6, 6.07) is 11.3. The molecule has 8 heteroatoms. The van der Waals surface area contributed by atoms with Crippen molar-refractivity contribution < 1.29 is 22.8 Å². The van der Waals surface area contributed by atoms with Gasteiger partial charge < -0.3 is 4.42 Å². The molecule has 3 N–H and O–H groups in total. The first-order chi connectivity index (χ1) is 12.7. The lowest BCUT2D eigenvalue weighted by molar-refractivity contribution is 0.0706. The molecule has 0 aliphatic carbocycles. The van der Waals surface area contributed by atoms with Crippen LogP contribution in [0, 0.1) is 6.92 Å². The molecule has 7 nitrogen and oxygen atoms in total. The van der Waals surface area contributed by atoms with E-state index in [0.717, 1.165) is 5.56 Å². The third kappa shape index (κ3) is 3.67. The Kier molecular flexibility index (Phi) is 4.95. The van der Waals surface area contributed by atoms with E-state index < -0.39 is 15.9 Å². The number of carbonyl (C=O) groups is 1. The predicted molar refractivity (Wildman–Crippen MR) is 102 cm³/mol. The number of benzene rings is 2. The van der Waals surface area contributed by atoms with Crippen LogP contribution >= 0.6 is 0 Å². The Morgan fingerprint density at radius 1 is 1.11 bits per heavy atom. The lowest BCUT2D eigenvalue weighted by Crippen LogP contribution is -2.19. The summed E-state index contributed by atoms with van der Waals surface area (Å²) in [6.45, 7) is 5.65. The maximum Gasteiger partial charge on any atom is 0.278 e. The highest BCUT2D eigenvalue weighted by molar-refractivity contribution is 7.92. The van der Waals surface area contributed by atoms with Gasteiger partial charge in [0.15, 0.2) is 0 Å². The van der Waals surface area contributed by atoms with Crippen LogP contribution in [-0.4, -0.2) is 19.5 Å². The van der Waals surface area contributed by atoms with Crippen molar-refractivity contribution in [3.8, 4) is 0 Å². The first-order valence-electron chi connectivity index (χ1n) is 8.33. The van der Waals surface area contributed by atoms with Crippen molar-refractivity contribution in [1.29, 1.82) is 0 Å². The van der Waals surface area contributed by atoms with Crippen molar-refractivity contribution in [3.05, 3.63) is 59.4 Å². The molecule has 3 rings (SSSR count). The standard InChI is InChI=1S/C19H20N2O5S/c1-11(2)13-4-7-15(8-5-13)27(24,25)21-14-6-9-17-16(10-14)18(12(3)26-17)19(22)20-23/h4-11,21,23H,1-3H3,(H,20,22).